The van der Waals surface area contributed by atoms with E-state index in [0.717, 1.165) is 39.3 Å². The highest BCUT2D eigenvalue weighted by atomic mass is 15.2. The number of rotatable bonds is 6. The van der Waals surface area contributed by atoms with Gasteiger partial charge in [-0.05, 0) is 14.0 Å². The molecule has 1 saturated heterocycles. The summed E-state index contributed by atoms with van der Waals surface area (Å²) in [5.41, 5.74) is 0. The molecular weight excluding hydrogens is 226 g/mol. The topological polar surface area (TPSA) is 36.3 Å². The molecule has 0 radical (unpaired) electrons. The Hall–Kier alpha value is -0.910. The number of hydrogen-bond donors (Lipinski definition) is 1. The number of imidazole rings is 1. The zero-order valence-corrected chi connectivity index (χ0v) is 11.6. The molecule has 1 fully saturated rings. The number of aromatic nitrogens is 2. The van der Waals surface area contributed by atoms with Crippen molar-refractivity contribution in [2.24, 2.45) is 0 Å². The molecule has 18 heavy (non-hydrogen) atoms. The fourth-order valence-electron chi connectivity index (χ4n) is 2.35. The van der Waals surface area contributed by atoms with E-state index >= 15 is 0 Å². The Bertz CT molecular complexity index is 343. The van der Waals surface area contributed by atoms with Gasteiger partial charge in [-0.1, -0.05) is 0 Å². The lowest BCUT2D eigenvalue weighted by Crippen LogP contribution is -2.45. The average molecular weight is 251 g/mol. The van der Waals surface area contributed by atoms with Crippen LogP contribution in [0.2, 0.25) is 0 Å². The number of piperazine rings is 1. The minimum Gasteiger partial charge on any atom is -0.334 e. The summed E-state index contributed by atoms with van der Waals surface area (Å²) in [6.45, 7) is 11.0. The highest BCUT2D eigenvalue weighted by Gasteiger charge is 2.11. The van der Waals surface area contributed by atoms with Gasteiger partial charge in [-0.3, -0.25) is 9.80 Å². The SMILES string of the molecule is CCn1ccnc1CN(C)CCN1CCNCC1. The van der Waals surface area contributed by atoms with E-state index in [1.807, 2.05) is 6.20 Å². The first-order valence-electron chi connectivity index (χ1n) is 6.91. The summed E-state index contributed by atoms with van der Waals surface area (Å²) in [4.78, 5) is 9.30. The second kappa shape index (κ2) is 6.87. The predicted octanol–water partition coefficient (Wildman–Crippen LogP) is 0.240. The Morgan fingerprint density at radius 1 is 1.39 bits per heavy atom. The average Bonchev–Trinajstić information content (AvgIpc) is 2.85. The summed E-state index contributed by atoms with van der Waals surface area (Å²) in [5.74, 6) is 1.17. The molecule has 0 aromatic carbocycles. The van der Waals surface area contributed by atoms with Crippen molar-refractivity contribution < 1.29 is 0 Å². The Labute approximate surface area is 110 Å². The van der Waals surface area contributed by atoms with Gasteiger partial charge in [0.1, 0.15) is 5.82 Å². The molecule has 0 aliphatic carbocycles. The maximum Gasteiger partial charge on any atom is 0.122 e. The third-order valence-electron chi connectivity index (χ3n) is 3.56. The van der Waals surface area contributed by atoms with E-state index in [-0.39, 0.29) is 0 Å². The van der Waals surface area contributed by atoms with Crippen LogP contribution in [0.4, 0.5) is 0 Å². The van der Waals surface area contributed by atoms with Gasteiger partial charge in [-0.2, -0.15) is 0 Å². The molecule has 1 N–H and O–H groups in total. The number of likely N-dealkylation sites (N-methyl/N-ethyl adjacent to an activating group) is 1. The summed E-state index contributed by atoms with van der Waals surface area (Å²) in [6, 6.07) is 0. The van der Waals surface area contributed by atoms with Gasteiger partial charge in [0.2, 0.25) is 0 Å². The van der Waals surface area contributed by atoms with Gasteiger partial charge in [-0.25, -0.2) is 4.98 Å². The summed E-state index contributed by atoms with van der Waals surface area (Å²) in [7, 11) is 2.18. The first-order chi connectivity index (χ1) is 8.79. The Morgan fingerprint density at radius 3 is 2.89 bits per heavy atom. The van der Waals surface area contributed by atoms with E-state index < -0.39 is 0 Å². The van der Waals surface area contributed by atoms with Gasteiger partial charge in [0.25, 0.3) is 0 Å². The maximum absolute atomic E-state index is 4.42. The summed E-state index contributed by atoms with van der Waals surface area (Å²) in [6.07, 6.45) is 3.95. The van der Waals surface area contributed by atoms with Crippen molar-refractivity contribution in [1.29, 1.82) is 0 Å². The summed E-state index contributed by atoms with van der Waals surface area (Å²) in [5, 5.41) is 3.39. The quantitative estimate of drug-likeness (QED) is 0.786. The minimum atomic E-state index is 0.937. The zero-order chi connectivity index (χ0) is 12.8. The van der Waals surface area contributed by atoms with Gasteiger partial charge in [0.05, 0.1) is 6.54 Å². The van der Waals surface area contributed by atoms with E-state index in [1.54, 1.807) is 0 Å². The molecule has 5 nitrogen and oxygen atoms in total. The van der Waals surface area contributed by atoms with Crippen LogP contribution in [0.1, 0.15) is 12.7 Å². The van der Waals surface area contributed by atoms with E-state index in [1.165, 1.54) is 18.9 Å². The monoisotopic (exact) mass is 251 g/mol. The molecule has 1 aliphatic rings. The van der Waals surface area contributed by atoms with E-state index in [0.29, 0.717) is 0 Å². The lowest BCUT2D eigenvalue weighted by molar-refractivity contribution is 0.200. The second-order valence-electron chi connectivity index (χ2n) is 4.96. The molecule has 2 rings (SSSR count). The highest BCUT2D eigenvalue weighted by Crippen LogP contribution is 2.02. The first-order valence-corrected chi connectivity index (χ1v) is 6.91. The molecule has 0 amide bonds. The smallest absolute Gasteiger partial charge is 0.122 e. The Kier molecular flexibility index (Phi) is 5.16. The van der Waals surface area contributed by atoms with Gasteiger partial charge in [0.15, 0.2) is 0 Å². The van der Waals surface area contributed by atoms with E-state index in [2.05, 4.69) is 44.8 Å². The van der Waals surface area contributed by atoms with Crippen LogP contribution in [-0.2, 0) is 13.1 Å². The lowest BCUT2D eigenvalue weighted by Gasteiger charge is -2.29. The van der Waals surface area contributed by atoms with Crippen molar-refractivity contribution in [2.45, 2.75) is 20.0 Å². The number of nitrogens with zero attached hydrogens (tertiary/aromatic N) is 4. The fraction of sp³-hybridized carbons (Fsp3) is 0.769. The molecular formula is C13H25N5. The highest BCUT2D eigenvalue weighted by molar-refractivity contribution is 4.91. The van der Waals surface area contributed by atoms with Crippen LogP contribution in [0, 0.1) is 0 Å². The van der Waals surface area contributed by atoms with Gasteiger partial charge in [-0.15, -0.1) is 0 Å². The Balaban J connectivity index is 1.72. The van der Waals surface area contributed by atoms with Crippen molar-refractivity contribution in [2.75, 3.05) is 46.3 Å². The summed E-state index contributed by atoms with van der Waals surface area (Å²) < 4.78 is 2.21. The molecule has 2 heterocycles. The molecule has 0 spiro atoms. The summed E-state index contributed by atoms with van der Waals surface area (Å²) >= 11 is 0. The van der Waals surface area contributed by atoms with Crippen LogP contribution in [0.25, 0.3) is 0 Å². The third-order valence-corrected chi connectivity index (χ3v) is 3.56. The molecule has 1 aliphatic heterocycles. The first kappa shape index (κ1) is 13.5. The largest absolute Gasteiger partial charge is 0.334 e. The molecule has 1 aromatic heterocycles. The predicted molar refractivity (Wildman–Crippen MR) is 73.5 cm³/mol. The molecule has 5 heteroatoms. The third kappa shape index (κ3) is 3.80. The zero-order valence-electron chi connectivity index (χ0n) is 11.6. The van der Waals surface area contributed by atoms with Crippen molar-refractivity contribution in [3.63, 3.8) is 0 Å². The van der Waals surface area contributed by atoms with Crippen molar-refractivity contribution in [1.82, 2.24) is 24.7 Å². The van der Waals surface area contributed by atoms with Crippen LogP contribution < -0.4 is 5.32 Å². The molecule has 0 saturated carbocycles. The van der Waals surface area contributed by atoms with Crippen LogP contribution in [-0.4, -0.2) is 65.7 Å². The van der Waals surface area contributed by atoms with Crippen LogP contribution >= 0.6 is 0 Å². The number of aryl methyl sites for hydroxylation is 1. The molecule has 1 aromatic rings. The van der Waals surface area contributed by atoms with Crippen molar-refractivity contribution in [3.05, 3.63) is 18.2 Å². The van der Waals surface area contributed by atoms with Gasteiger partial charge < -0.3 is 9.88 Å². The fourth-order valence-corrected chi connectivity index (χ4v) is 2.35. The lowest BCUT2D eigenvalue weighted by atomic mass is 10.3. The normalized spacial score (nSPS) is 17.5. The van der Waals surface area contributed by atoms with Crippen LogP contribution in [0.15, 0.2) is 12.4 Å². The minimum absolute atomic E-state index is 0.937. The molecule has 102 valence electrons. The molecule has 0 unspecified atom stereocenters. The van der Waals surface area contributed by atoms with E-state index in [4.69, 9.17) is 0 Å². The number of nitrogens with one attached hydrogen (secondary N) is 1. The standard InChI is InChI=1S/C13H25N5/c1-3-18-9-6-15-13(18)12-16(2)10-11-17-7-4-14-5-8-17/h6,9,14H,3-5,7-8,10-12H2,1-2H3. The van der Waals surface area contributed by atoms with Gasteiger partial charge in [0, 0.05) is 58.2 Å². The number of hydrogen-bond acceptors (Lipinski definition) is 4. The second-order valence-corrected chi connectivity index (χ2v) is 4.96. The van der Waals surface area contributed by atoms with Crippen molar-refractivity contribution >= 4 is 0 Å². The van der Waals surface area contributed by atoms with Crippen LogP contribution in [0.3, 0.4) is 0 Å². The molecule has 0 atom stereocenters. The maximum atomic E-state index is 4.42. The van der Waals surface area contributed by atoms with Gasteiger partial charge >= 0.3 is 0 Å². The Morgan fingerprint density at radius 2 is 2.17 bits per heavy atom. The van der Waals surface area contributed by atoms with E-state index in [9.17, 15) is 0 Å². The van der Waals surface area contributed by atoms with Crippen molar-refractivity contribution in [3.8, 4) is 0 Å². The molecule has 0 bridgehead atoms. The van der Waals surface area contributed by atoms with Crippen LogP contribution in [0.5, 0.6) is 0 Å².